The van der Waals surface area contributed by atoms with Gasteiger partial charge in [0.1, 0.15) is 6.04 Å². The molecule has 0 spiro atoms. The van der Waals surface area contributed by atoms with E-state index in [0.717, 1.165) is 12.8 Å². The van der Waals surface area contributed by atoms with Crippen LogP contribution in [0.2, 0.25) is 0 Å². The lowest BCUT2D eigenvalue weighted by Gasteiger charge is -2.33. The van der Waals surface area contributed by atoms with Gasteiger partial charge in [0.15, 0.2) is 0 Å². The van der Waals surface area contributed by atoms with Crippen molar-refractivity contribution in [3.8, 4) is 0 Å². The number of nitrogens with zero attached hydrogens (tertiary/aromatic N) is 2. The molecule has 2 heterocycles. The van der Waals surface area contributed by atoms with Crippen LogP contribution in [0, 0.1) is 0 Å². The zero-order valence-corrected chi connectivity index (χ0v) is 14.9. The SMILES string of the molecule is O=C(Cc1cscn1)Nc1cccc(C(=O)N2CCCCC2C(=O)O)c1. The number of nitrogens with one attached hydrogen (secondary N) is 1. The number of rotatable bonds is 5. The number of carbonyl (C=O) groups excluding carboxylic acids is 2. The van der Waals surface area contributed by atoms with Gasteiger partial charge in [-0.05, 0) is 37.5 Å². The summed E-state index contributed by atoms with van der Waals surface area (Å²) in [5.74, 6) is -1.53. The molecule has 3 rings (SSSR count). The van der Waals surface area contributed by atoms with Crippen LogP contribution in [0.25, 0.3) is 0 Å². The second-order valence-corrected chi connectivity index (χ2v) is 6.85. The largest absolute Gasteiger partial charge is 0.480 e. The zero-order valence-electron chi connectivity index (χ0n) is 14.1. The van der Waals surface area contributed by atoms with Gasteiger partial charge in [0, 0.05) is 23.2 Å². The molecule has 2 N–H and O–H groups in total. The monoisotopic (exact) mass is 373 g/mol. The van der Waals surface area contributed by atoms with E-state index in [-0.39, 0.29) is 18.2 Å². The predicted molar refractivity (Wildman–Crippen MR) is 97.2 cm³/mol. The van der Waals surface area contributed by atoms with Gasteiger partial charge >= 0.3 is 5.97 Å². The van der Waals surface area contributed by atoms with Crippen molar-refractivity contribution in [2.45, 2.75) is 31.7 Å². The van der Waals surface area contributed by atoms with Gasteiger partial charge in [0.05, 0.1) is 17.6 Å². The highest BCUT2D eigenvalue weighted by atomic mass is 32.1. The summed E-state index contributed by atoms with van der Waals surface area (Å²) in [5, 5.41) is 13.9. The summed E-state index contributed by atoms with van der Waals surface area (Å²) in [7, 11) is 0. The molecule has 26 heavy (non-hydrogen) atoms. The predicted octanol–water partition coefficient (Wildman–Crippen LogP) is 2.40. The third kappa shape index (κ3) is 4.26. The molecule has 136 valence electrons. The Hall–Kier alpha value is -2.74. The van der Waals surface area contributed by atoms with Gasteiger partial charge in [-0.25, -0.2) is 9.78 Å². The molecule has 1 aromatic carbocycles. The van der Waals surface area contributed by atoms with Crippen molar-refractivity contribution in [2.75, 3.05) is 11.9 Å². The molecule has 2 aromatic rings. The molecule has 1 aliphatic heterocycles. The van der Waals surface area contributed by atoms with Gasteiger partial charge in [0.2, 0.25) is 5.91 Å². The van der Waals surface area contributed by atoms with Crippen LogP contribution in [0.1, 0.15) is 35.3 Å². The van der Waals surface area contributed by atoms with Crippen molar-refractivity contribution in [1.29, 1.82) is 0 Å². The van der Waals surface area contributed by atoms with Gasteiger partial charge in [-0.1, -0.05) is 6.07 Å². The molecule has 1 aromatic heterocycles. The topological polar surface area (TPSA) is 99.6 Å². The first-order valence-corrected chi connectivity index (χ1v) is 9.29. The van der Waals surface area contributed by atoms with E-state index in [1.165, 1.54) is 16.2 Å². The quantitative estimate of drug-likeness (QED) is 0.838. The molecule has 1 fully saturated rings. The lowest BCUT2D eigenvalue weighted by atomic mass is 10.0. The third-order valence-corrected chi connectivity index (χ3v) is 4.90. The summed E-state index contributed by atoms with van der Waals surface area (Å²) in [6.45, 7) is 0.427. The lowest BCUT2D eigenvalue weighted by molar-refractivity contribution is -0.143. The average molecular weight is 373 g/mol. The molecule has 0 saturated carbocycles. The highest BCUT2D eigenvalue weighted by molar-refractivity contribution is 7.07. The number of aromatic nitrogens is 1. The van der Waals surface area contributed by atoms with E-state index in [9.17, 15) is 19.5 Å². The Morgan fingerprint density at radius 2 is 2.15 bits per heavy atom. The number of anilines is 1. The number of benzene rings is 1. The minimum Gasteiger partial charge on any atom is -0.480 e. The summed E-state index contributed by atoms with van der Waals surface area (Å²) in [6.07, 6.45) is 2.22. The Morgan fingerprint density at radius 1 is 1.31 bits per heavy atom. The van der Waals surface area contributed by atoms with E-state index in [2.05, 4.69) is 10.3 Å². The van der Waals surface area contributed by atoms with E-state index in [1.54, 1.807) is 29.8 Å². The van der Waals surface area contributed by atoms with Gasteiger partial charge in [-0.15, -0.1) is 11.3 Å². The van der Waals surface area contributed by atoms with Crippen LogP contribution in [0.15, 0.2) is 35.2 Å². The van der Waals surface area contributed by atoms with Crippen LogP contribution in [0.5, 0.6) is 0 Å². The van der Waals surface area contributed by atoms with Crippen LogP contribution in [0.4, 0.5) is 5.69 Å². The summed E-state index contributed by atoms with van der Waals surface area (Å²) in [4.78, 5) is 41.7. The Kier molecular flexibility index (Phi) is 5.62. The number of thiazole rings is 1. The Labute approximate surface area is 154 Å². The van der Waals surface area contributed by atoms with E-state index in [4.69, 9.17) is 0 Å². The maximum Gasteiger partial charge on any atom is 0.326 e. The maximum atomic E-state index is 12.8. The normalized spacial score (nSPS) is 16.9. The van der Waals surface area contributed by atoms with E-state index in [0.29, 0.717) is 29.9 Å². The zero-order chi connectivity index (χ0) is 18.5. The molecule has 8 heteroatoms. The van der Waals surface area contributed by atoms with Crippen LogP contribution in [0.3, 0.4) is 0 Å². The molecule has 0 bridgehead atoms. The van der Waals surface area contributed by atoms with Gasteiger partial charge in [0.25, 0.3) is 5.91 Å². The minimum absolute atomic E-state index is 0.162. The molecule has 1 aliphatic rings. The fourth-order valence-corrected chi connectivity index (χ4v) is 3.58. The summed E-state index contributed by atoms with van der Waals surface area (Å²) < 4.78 is 0. The van der Waals surface area contributed by atoms with Crippen LogP contribution in [-0.4, -0.2) is 45.4 Å². The number of likely N-dealkylation sites (tertiary alicyclic amines) is 1. The molecule has 7 nitrogen and oxygen atoms in total. The summed E-state index contributed by atoms with van der Waals surface area (Å²) in [6, 6.07) is 5.78. The minimum atomic E-state index is -0.981. The van der Waals surface area contributed by atoms with E-state index in [1.807, 2.05) is 5.38 Å². The molecule has 0 aliphatic carbocycles. The Balaban J connectivity index is 1.70. The van der Waals surface area contributed by atoms with Crippen LogP contribution < -0.4 is 5.32 Å². The smallest absolute Gasteiger partial charge is 0.326 e. The third-order valence-electron chi connectivity index (χ3n) is 4.27. The van der Waals surface area contributed by atoms with Crippen molar-refractivity contribution < 1.29 is 19.5 Å². The van der Waals surface area contributed by atoms with Crippen molar-refractivity contribution in [3.05, 3.63) is 46.4 Å². The number of amides is 2. The van der Waals surface area contributed by atoms with Gasteiger partial charge in [-0.2, -0.15) is 0 Å². The second kappa shape index (κ2) is 8.09. The number of piperidine rings is 1. The first-order chi connectivity index (χ1) is 12.5. The second-order valence-electron chi connectivity index (χ2n) is 6.13. The van der Waals surface area contributed by atoms with Gasteiger partial charge < -0.3 is 15.3 Å². The number of carboxylic acids is 1. The Bertz CT molecular complexity index is 807. The molecule has 0 radical (unpaired) electrons. The number of hydrogen-bond donors (Lipinski definition) is 2. The number of carboxylic acid groups (broad SMARTS) is 1. The number of aliphatic carboxylic acids is 1. The molecular formula is C18H19N3O4S. The van der Waals surface area contributed by atoms with Crippen molar-refractivity contribution in [2.24, 2.45) is 0 Å². The number of hydrogen-bond acceptors (Lipinski definition) is 5. The standard InChI is InChI=1S/C18H19N3O4S/c22-16(9-14-10-26-11-19-14)20-13-5-3-4-12(8-13)17(23)21-7-2-1-6-15(21)18(24)25/h3-5,8,10-11,15H,1-2,6-7,9H2,(H,20,22)(H,24,25). The van der Waals surface area contributed by atoms with Crippen molar-refractivity contribution in [1.82, 2.24) is 9.88 Å². The summed E-state index contributed by atoms with van der Waals surface area (Å²) in [5.41, 5.74) is 3.22. The highest BCUT2D eigenvalue weighted by Crippen LogP contribution is 2.21. The van der Waals surface area contributed by atoms with E-state index >= 15 is 0 Å². The maximum absolute atomic E-state index is 12.8. The molecule has 1 atom stereocenters. The average Bonchev–Trinajstić information content (AvgIpc) is 3.14. The fraction of sp³-hybridized carbons (Fsp3) is 0.333. The van der Waals surface area contributed by atoms with Crippen molar-refractivity contribution in [3.63, 3.8) is 0 Å². The summed E-state index contributed by atoms with van der Waals surface area (Å²) >= 11 is 1.42. The Morgan fingerprint density at radius 3 is 2.88 bits per heavy atom. The highest BCUT2D eigenvalue weighted by Gasteiger charge is 2.32. The molecular weight excluding hydrogens is 354 g/mol. The lowest BCUT2D eigenvalue weighted by Crippen LogP contribution is -2.48. The van der Waals surface area contributed by atoms with Crippen molar-refractivity contribution >= 4 is 34.8 Å². The van der Waals surface area contributed by atoms with Crippen LogP contribution in [-0.2, 0) is 16.0 Å². The molecule has 1 saturated heterocycles. The number of carbonyl (C=O) groups is 3. The van der Waals surface area contributed by atoms with Gasteiger partial charge in [-0.3, -0.25) is 9.59 Å². The fourth-order valence-electron chi connectivity index (χ4n) is 3.02. The first-order valence-electron chi connectivity index (χ1n) is 8.35. The molecule has 2 amide bonds. The first kappa shape index (κ1) is 18.1. The molecule has 1 unspecified atom stereocenters. The van der Waals surface area contributed by atoms with Crippen LogP contribution >= 0.6 is 11.3 Å². The van der Waals surface area contributed by atoms with E-state index < -0.39 is 12.0 Å².